The van der Waals surface area contributed by atoms with Crippen LogP contribution in [0.15, 0.2) is 0 Å². The Kier molecular flexibility index (Phi) is 4.53. The van der Waals surface area contributed by atoms with E-state index in [0.717, 1.165) is 32.1 Å². The minimum absolute atomic E-state index is 0.118. The number of hydrogen-bond donors (Lipinski definition) is 2. The van der Waals surface area contributed by atoms with Crippen molar-refractivity contribution in [2.45, 2.75) is 38.5 Å². The van der Waals surface area contributed by atoms with E-state index in [9.17, 15) is 14.7 Å². The van der Waals surface area contributed by atoms with E-state index in [1.165, 1.54) is 0 Å². The highest BCUT2D eigenvalue weighted by atomic mass is 16.4. The molecule has 0 aromatic rings. The van der Waals surface area contributed by atoms with Crippen molar-refractivity contribution in [1.29, 1.82) is 0 Å². The van der Waals surface area contributed by atoms with E-state index in [4.69, 9.17) is 6.42 Å². The van der Waals surface area contributed by atoms with Gasteiger partial charge in [0, 0.05) is 26.1 Å². The van der Waals surface area contributed by atoms with E-state index in [1.807, 2.05) is 0 Å². The van der Waals surface area contributed by atoms with E-state index in [1.54, 1.807) is 4.90 Å². The number of hydrogen-bond acceptors (Lipinski definition) is 2. The molecule has 20 heavy (non-hydrogen) atoms. The maximum absolute atomic E-state index is 12.1. The number of urea groups is 1. The number of carboxylic acids is 1. The summed E-state index contributed by atoms with van der Waals surface area (Å²) in [4.78, 5) is 25.2. The number of carbonyl (C=O) groups is 2. The molecule has 2 atom stereocenters. The molecule has 0 radical (unpaired) electrons. The number of amides is 2. The first-order chi connectivity index (χ1) is 9.60. The molecule has 110 valence electrons. The smallest absolute Gasteiger partial charge is 0.317 e. The minimum atomic E-state index is -0.746. The predicted molar refractivity (Wildman–Crippen MR) is 75.1 cm³/mol. The summed E-state index contributed by atoms with van der Waals surface area (Å²) < 4.78 is 0. The largest absolute Gasteiger partial charge is 0.481 e. The average Bonchev–Trinajstić information content (AvgIpc) is 2.95. The van der Waals surface area contributed by atoms with Crippen molar-refractivity contribution in [3.05, 3.63) is 0 Å². The van der Waals surface area contributed by atoms with Gasteiger partial charge < -0.3 is 15.3 Å². The summed E-state index contributed by atoms with van der Waals surface area (Å²) in [6, 6.07) is -0.138. The number of nitrogens with one attached hydrogen (secondary N) is 1. The Hall–Kier alpha value is -1.70. The molecule has 0 bridgehead atoms. The van der Waals surface area contributed by atoms with Gasteiger partial charge in [0.05, 0.1) is 5.41 Å². The lowest BCUT2D eigenvalue weighted by atomic mass is 9.81. The van der Waals surface area contributed by atoms with E-state index in [0.29, 0.717) is 26.1 Å². The Morgan fingerprint density at radius 2 is 2.25 bits per heavy atom. The fraction of sp³-hybridized carbons (Fsp3) is 0.733. The van der Waals surface area contributed by atoms with Crippen molar-refractivity contribution in [3.8, 4) is 12.3 Å². The number of nitrogens with zero attached hydrogens (tertiary/aromatic N) is 1. The fourth-order valence-corrected chi connectivity index (χ4v) is 3.45. The Balaban J connectivity index is 1.82. The number of carbonyl (C=O) groups excluding carboxylic acids is 1. The molecule has 2 fully saturated rings. The van der Waals surface area contributed by atoms with Gasteiger partial charge in [-0.15, -0.1) is 12.3 Å². The Labute approximate surface area is 119 Å². The van der Waals surface area contributed by atoms with Gasteiger partial charge in [-0.1, -0.05) is 6.42 Å². The molecule has 1 aliphatic carbocycles. The van der Waals surface area contributed by atoms with Crippen molar-refractivity contribution in [3.63, 3.8) is 0 Å². The van der Waals surface area contributed by atoms with E-state index < -0.39 is 11.4 Å². The van der Waals surface area contributed by atoms with Crippen molar-refractivity contribution >= 4 is 12.0 Å². The molecule has 0 aromatic heterocycles. The Morgan fingerprint density at radius 1 is 1.45 bits per heavy atom. The van der Waals surface area contributed by atoms with Gasteiger partial charge in [-0.2, -0.15) is 0 Å². The van der Waals surface area contributed by atoms with Crippen LogP contribution >= 0.6 is 0 Å². The lowest BCUT2D eigenvalue weighted by molar-refractivity contribution is -0.149. The summed E-state index contributed by atoms with van der Waals surface area (Å²) in [6.07, 6.45) is 10.2. The molecular weight excluding hydrogens is 256 g/mol. The third-order valence-corrected chi connectivity index (χ3v) is 4.61. The topological polar surface area (TPSA) is 69.6 Å². The second-order valence-corrected chi connectivity index (χ2v) is 5.82. The zero-order valence-corrected chi connectivity index (χ0v) is 11.7. The highest BCUT2D eigenvalue weighted by molar-refractivity contribution is 5.80. The van der Waals surface area contributed by atoms with Crippen LogP contribution in [-0.2, 0) is 4.79 Å². The zero-order chi connectivity index (χ0) is 14.6. The molecular formula is C15H22N2O3. The normalized spacial score (nSPS) is 27.9. The van der Waals surface area contributed by atoms with Crippen LogP contribution in [-0.4, -0.2) is 41.6 Å². The van der Waals surface area contributed by atoms with Gasteiger partial charge in [0.1, 0.15) is 0 Å². The molecule has 1 saturated carbocycles. The quantitative estimate of drug-likeness (QED) is 0.594. The molecule has 0 aromatic carbocycles. The first-order valence-electron chi connectivity index (χ1n) is 7.30. The van der Waals surface area contributed by atoms with Crippen LogP contribution in [0, 0.1) is 23.7 Å². The first-order valence-corrected chi connectivity index (χ1v) is 7.30. The summed E-state index contributed by atoms with van der Waals surface area (Å²) in [5, 5.41) is 12.3. The second-order valence-electron chi connectivity index (χ2n) is 5.82. The van der Waals surface area contributed by atoms with Crippen LogP contribution in [0.25, 0.3) is 0 Å². The highest BCUT2D eigenvalue weighted by Crippen LogP contribution is 2.48. The van der Waals surface area contributed by atoms with Crippen LogP contribution in [0.4, 0.5) is 4.79 Å². The second kappa shape index (κ2) is 6.17. The van der Waals surface area contributed by atoms with Crippen molar-refractivity contribution in [2.24, 2.45) is 11.3 Å². The number of unbranched alkanes of at least 4 members (excludes halogenated alkanes) is 2. The fourth-order valence-electron chi connectivity index (χ4n) is 3.45. The maximum atomic E-state index is 12.1. The van der Waals surface area contributed by atoms with Gasteiger partial charge in [-0.3, -0.25) is 4.79 Å². The third kappa shape index (κ3) is 2.74. The predicted octanol–water partition coefficient (Wildman–Crippen LogP) is 1.69. The molecule has 2 N–H and O–H groups in total. The number of carboxylic acid groups (broad SMARTS) is 1. The number of rotatable bonds is 5. The van der Waals surface area contributed by atoms with Crippen molar-refractivity contribution in [2.75, 3.05) is 19.6 Å². The standard InChI is InChI=1S/C15H22N2O3/c1-2-3-4-5-9-16-14(20)17-10-12-7-6-8-15(12,11-17)13(18)19/h1,12H,3-11H2,(H,16,20)(H,18,19)/t12-,15+/m0/s1. The van der Waals surface area contributed by atoms with Gasteiger partial charge in [-0.05, 0) is 31.6 Å². The molecule has 1 heterocycles. The van der Waals surface area contributed by atoms with Gasteiger partial charge >= 0.3 is 12.0 Å². The number of fused-ring (bicyclic) bond motifs is 1. The molecule has 5 nitrogen and oxygen atoms in total. The van der Waals surface area contributed by atoms with Gasteiger partial charge in [-0.25, -0.2) is 4.79 Å². The zero-order valence-electron chi connectivity index (χ0n) is 11.7. The van der Waals surface area contributed by atoms with E-state index >= 15 is 0 Å². The lowest BCUT2D eigenvalue weighted by Gasteiger charge is -2.23. The Bertz CT molecular complexity index is 429. The molecule has 5 heteroatoms. The number of terminal acetylenes is 1. The van der Waals surface area contributed by atoms with Crippen molar-refractivity contribution in [1.82, 2.24) is 10.2 Å². The highest BCUT2D eigenvalue weighted by Gasteiger charge is 2.55. The molecule has 0 spiro atoms. The number of aliphatic carboxylic acids is 1. The molecule has 0 unspecified atom stereocenters. The first kappa shape index (κ1) is 14.7. The molecule has 2 aliphatic rings. The van der Waals surface area contributed by atoms with Crippen LogP contribution in [0.1, 0.15) is 38.5 Å². The molecule has 1 aliphatic heterocycles. The third-order valence-electron chi connectivity index (χ3n) is 4.61. The lowest BCUT2D eigenvalue weighted by Crippen LogP contribution is -2.41. The summed E-state index contributed by atoms with van der Waals surface area (Å²) in [5.74, 6) is 1.94. The monoisotopic (exact) mass is 278 g/mol. The minimum Gasteiger partial charge on any atom is -0.481 e. The van der Waals surface area contributed by atoms with Crippen LogP contribution < -0.4 is 5.32 Å². The van der Waals surface area contributed by atoms with Crippen LogP contribution in [0.3, 0.4) is 0 Å². The summed E-state index contributed by atoms with van der Waals surface area (Å²) in [7, 11) is 0. The average molecular weight is 278 g/mol. The van der Waals surface area contributed by atoms with Gasteiger partial charge in [0.25, 0.3) is 0 Å². The Morgan fingerprint density at radius 3 is 2.90 bits per heavy atom. The molecule has 2 amide bonds. The van der Waals surface area contributed by atoms with Crippen LogP contribution in [0.2, 0.25) is 0 Å². The number of likely N-dealkylation sites (tertiary alicyclic amines) is 1. The van der Waals surface area contributed by atoms with Gasteiger partial charge in [0.15, 0.2) is 0 Å². The SMILES string of the molecule is C#CCCCCNC(=O)N1C[C@@H]2CCC[C@@]2(C(=O)O)C1. The van der Waals surface area contributed by atoms with E-state index in [-0.39, 0.29) is 11.9 Å². The summed E-state index contributed by atoms with van der Waals surface area (Å²) >= 11 is 0. The summed E-state index contributed by atoms with van der Waals surface area (Å²) in [6.45, 7) is 1.52. The summed E-state index contributed by atoms with van der Waals surface area (Å²) in [5.41, 5.74) is -0.694. The molecule has 1 saturated heterocycles. The maximum Gasteiger partial charge on any atom is 0.317 e. The van der Waals surface area contributed by atoms with Crippen LogP contribution in [0.5, 0.6) is 0 Å². The van der Waals surface area contributed by atoms with E-state index in [2.05, 4.69) is 11.2 Å². The van der Waals surface area contributed by atoms with Gasteiger partial charge in [0.2, 0.25) is 0 Å². The van der Waals surface area contributed by atoms with Crippen molar-refractivity contribution < 1.29 is 14.7 Å². The molecule has 2 rings (SSSR count).